The Morgan fingerprint density at radius 3 is 2.32 bits per heavy atom. The summed E-state index contributed by atoms with van der Waals surface area (Å²) < 4.78 is 27.8. The third-order valence-electron chi connectivity index (χ3n) is 4.37. The zero-order valence-corrected chi connectivity index (χ0v) is 18.7. The number of aromatic nitrogens is 1. The molecule has 1 N–H and O–H groups in total. The summed E-state index contributed by atoms with van der Waals surface area (Å²) in [6.07, 6.45) is 6.60. The topological polar surface area (TPSA) is 91.7 Å². The van der Waals surface area contributed by atoms with Crippen molar-refractivity contribution in [2.45, 2.75) is 16.7 Å². The average Bonchev–Trinajstić information content (AvgIpc) is 2.79. The van der Waals surface area contributed by atoms with Crippen molar-refractivity contribution < 1.29 is 13.2 Å². The van der Waals surface area contributed by atoms with E-state index < -0.39 is 22.5 Å². The second-order valence-corrected chi connectivity index (χ2v) is 9.34. The highest BCUT2D eigenvalue weighted by Crippen LogP contribution is 2.25. The van der Waals surface area contributed by atoms with E-state index in [1.165, 1.54) is 18.0 Å². The molecule has 3 rings (SSSR count). The number of carbonyl (C=O) groups excluding carboxylic acids is 1. The van der Waals surface area contributed by atoms with Crippen LogP contribution in [0.5, 0.6) is 0 Å². The van der Waals surface area contributed by atoms with Crippen molar-refractivity contribution in [1.82, 2.24) is 10.4 Å². The standard InChI is InChI=1S/C22H22N4O3S2/c1-17-3-5-19(6-4-17)26(31(28,29)21-9-7-20(30-2)8-10-21)16-22(27)25-24-15-18-11-13-23-14-12-18/h3-15H,16H2,1-2H3,(H,25,27)/b24-15-. The minimum atomic E-state index is -3.96. The molecule has 0 radical (unpaired) electrons. The van der Waals surface area contributed by atoms with Gasteiger partial charge in [-0.2, -0.15) is 5.10 Å². The van der Waals surface area contributed by atoms with Gasteiger partial charge in [0.15, 0.2) is 0 Å². The SMILES string of the molecule is CSc1ccc(S(=O)(=O)N(CC(=O)N/N=C\c2ccncc2)c2ccc(C)cc2)cc1. The Labute approximate surface area is 186 Å². The van der Waals surface area contributed by atoms with Crippen LogP contribution in [-0.4, -0.2) is 38.3 Å². The van der Waals surface area contributed by atoms with E-state index in [2.05, 4.69) is 15.5 Å². The molecule has 0 spiro atoms. The Kier molecular flexibility index (Phi) is 7.43. The van der Waals surface area contributed by atoms with Crippen LogP contribution in [0.2, 0.25) is 0 Å². The average molecular weight is 455 g/mol. The van der Waals surface area contributed by atoms with Gasteiger partial charge in [-0.15, -0.1) is 11.8 Å². The van der Waals surface area contributed by atoms with E-state index in [-0.39, 0.29) is 4.90 Å². The number of aryl methyl sites for hydroxylation is 1. The highest BCUT2D eigenvalue weighted by Gasteiger charge is 2.27. The van der Waals surface area contributed by atoms with Gasteiger partial charge in [0.1, 0.15) is 6.54 Å². The summed E-state index contributed by atoms with van der Waals surface area (Å²) in [6.45, 7) is 1.49. The van der Waals surface area contributed by atoms with Crippen molar-refractivity contribution in [3.63, 3.8) is 0 Å². The molecular formula is C22H22N4O3S2. The molecule has 0 aliphatic heterocycles. The molecule has 0 atom stereocenters. The van der Waals surface area contributed by atoms with E-state index in [0.29, 0.717) is 5.69 Å². The van der Waals surface area contributed by atoms with Crippen molar-refractivity contribution in [3.8, 4) is 0 Å². The van der Waals surface area contributed by atoms with Crippen molar-refractivity contribution in [2.24, 2.45) is 5.10 Å². The number of anilines is 1. The van der Waals surface area contributed by atoms with Gasteiger partial charge in [-0.3, -0.25) is 14.1 Å². The molecule has 1 aromatic heterocycles. The van der Waals surface area contributed by atoms with Crippen LogP contribution in [0.25, 0.3) is 0 Å². The number of nitrogens with zero attached hydrogens (tertiary/aromatic N) is 3. The van der Waals surface area contributed by atoms with Gasteiger partial charge in [0.05, 0.1) is 16.8 Å². The quantitative estimate of drug-likeness (QED) is 0.320. The Balaban J connectivity index is 1.84. The molecule has 0 saturated heterocycles. The smallest absolute Gasteiger partial charge is 0.264 e. The van der Waals surface area contributed by atoms with Gasteiger partial charge in [0.2, 0.25) is 0 Å². The van der Waals surface area contributed by atoms with Crippen LogP contribution in [-0.2, 0) is 14.8 Å². The van der Waals surface area contributed by atoms with E-state index in [9.17, 15) is 13.2 Å². The summed E-state index contributed by atoms with van der Waals surface area (Å²) in [5.41, 5.74) is 4.52. The molecule has 1 amide bonds. The fourth-order valence-electron chi connectivity index (χ4n) is 2.70. The van der Waals surface area contributed by atoms with E-state index in [1.807, 2.05) is 13.2 Å². The van der Waals surface area contributed by atoms with Gasteiger partial charge in [0, 0.05) is 17.3 Å². The molecule has 0 fully saturated rings. The normalized spacial score (nSPS) is 11.4. The van der Waals surface area contributed by atoms with Gasteiger partial charge in [-0.05, 0) is 67.3 Å². The zero-order valence-electron chi connectivity index (χ0n) is 17.1. The van der Waals surface area contributed by atoms with Crippen molar-refractivity contribution >= 4 is 39.6 Å². The maximum Gasteiger partial charge on any atom is 0.264 e. The Morgan fingerprint density at radius 1 is 1.06 bits per heavy atom. The van der Waals surface area contributed by atoms with E-state index in [0.717, 1.165) is 20.3 Å². The van der Waals surface area contributed by atoms with Gasteiger partial charge >= 0.3 is 0 Å². The first-order valence-electron chi connectivity index (χ1n) is 9.35. The molecule has 1 heterocycles. The Morgan fingerprint density at radius 2 is 1.71 bits per heavy atom. The molecular weight excluding hydrogens is 432 g/mol. The second kappa shape index (κ2) is 10.2. The van der Waals surface area contributed by atoms with E-state index >= 15 is 0 Å². The molecule has 0 aliphatic rings. The van der Waals surface area contributed by atoms with Crippen LogP contribution in [0, 0.1) is 6.92 Å². The number of carbonyl (C=O) groups is 1. The number of pyridine rings is 1. The summed E-state index contributed by atoms with van der Waals surface area (Å²) in [6, 6.07) is 17.0. The maximum atomic E-state index is 13.3. The third kappa shape index (κ3) is 5.93. The summed E-state index contributed by atoms with van der Waals surface area (Å²) in [4.78, 5) is 17.5. The lowest BCUT2D eigenvalue weighted by molar-refractivity contribution is -0.119. The third-order valence-corrected chi connectivity index (χ3v) is 6.90. The molecule has 0 bridgehead atoms. The predicted molar refractivity (Wildman–Crippen MR) is 124 cm³/mol. The lowest BCUT2D eigenvalue weighted by atomic mass is 10.2. The number of hydrogen-bond donors (Lipinski definition) is 1. The molecule has 0 saturated carbocycles. The first-order chi connectivity index (χ1) is 14.9. The van der Waals surface area contributed by atoms with Crippen LogP contribution in [0.3, 0.4) is 0 Å². The van der Waals surface area contributed by atoms with Crippen molar-refractivity contribution in [3.05, 3.63) is 84.2 Å². The lowest BCUT2D eigenvalue weighted by Gasteiger charge is -2.24. The van der Waals surface area contributed by atoms with Crippen LogP contribution < -0.4 is 9.73 Å². The predicted octanol–water partition coefficient (Wildman–Crippen LogP) is 3.46. The minimum Gasteiger partial charge on any atom is -0.271 e. The van der Waals surface area contributed by atoms with E-state index in [4.69, 9.17) is 0 Å². The van der Waals surface area contributed by atoms with Crippen molar-refractivity contribution in [1.29, 1.82) is 0 Å². The number of hydrazone groups is 1. The first-order valence-corrected chi connectivity index (χ1v) is 12.0. The summed E-state index contributed by atoms with van der Waals surface area (Å²) in [5, 5.41) is 3.90. The Hall–Kier alpha value is -3.17. The minimum absolute atomic E-state index is 0.110. The van der Waals surface area contributed by atoms with Crippen LogP contribution >= 0.6 is 11.8 Å². The molecule has 3 aromatic rings. The number of hydrogen-bond acceptors (Lipinski definition) is 6. The number of thioether (sulfide) groups is 1. The zero-order chi connectivity index (χ0) is 22.3. The molecule has 9 heteroatoms. The summed E-state index contributed by atoms with van der Waals surface area (Å²) in [5.74, 6) is -0.560. The first kappa shape index (κ1) is 22.5. The molecule has 0 aliphatic carbocycles. The molecule has 160 valence electrons. The molecule has 2 aromatic carbocycles. The number of benzene rings is 2. The number of rotatable bonds is 8. The number of sulfonamides is 1. The van der Waals surface area contributed by atoms with Crippen LogP contribution in [0.4, 0.5) is 5.69 Å². The summed E-state index contributed by atoms with van der Waals surface area (Å²) >= 11 is 1.52. The van der Waals surface area contributed by atoms with Gasteiger partial charge in [-0.1, -0.05) is 17.7 Å². The monoisotopic (exact) mass is 454 g/mol. The summed E-state index contributed by atoms with van der Waals surface area (Å²) in [7, 11) is -3.96. The van der Waals surface area contributed by atoms with Gasteiger partial charge in [-0.25, -0.2) is 13.8 Å². The van der Waals surface area contributed by atoms with Crippen LogP contribution in [0.1, 0.15) is 11.1 Å². The second-order valence-electron chi connectivity index (χ2n) is 6.60. The molecule has 7 nitrogen and oxygen atoms in total. The Bertz CT molecular complexity index is 1150. The number of nitrogens with one attached hydrogen (secondary N) is 1. The molecule has 31 heavy (non-hydrogen) atoms. The largest absolute Gasteiger partial charge is 0.271 e. The van der Waals surface area contributed by atoms with E-state index in [1.54, 1.807) is 73.1 Å². The van der Waals surface area contributed by atoms with Crippen molar-refractivity contribution in [2.75, 3.05) is 17.1 Å². The van der Waals surface area contributed by atoms with Gasteiger partial charge in [0.25, 0.3) is 15.9 Å². The highest BCUT2D eigenvalue weighted by molar-refractivity contribution is 7.98. The fraction of sp³-hybridized carbons (Fsp3) is 0.136. The fourth-order valence-corrected chi connectivity index (χ4v) is 4.52. The van der Waals surface area contributed by atoms with Gasteiger partial charge < -0.3 is 0 Å². The highest BCUT2D eigenvalue weighted by atomic mass is 32.2. The number of amides is 1. The maximum absolute atomic E-state index is 13.3. The van der Waals surface area contributed by atoms with Crippen LogP contribution in [0.15, 0.2) is 87.9 Å². The lowest BCUT2D eigenvalue weighted by Crippen LogP contribution is -2.39. The molecule has 0 unspecified atom stereocenters.